The smallest absolute Gasteiger partial charge is 0.347 e. The zero-order valence-corrected chi connectivity index (χ0v) is 8.97. The van der Waals surface area contributed by atoms with E-state index < -0.39 is 17.9 Å². The second-order valence-electron chi connectivity index (χ2n) is 3.88. The molecule has 3 rings (SSSR count). The minimum absolute atomic E-state index is 0.0375. The Labute approximate surface area is 101 Å². The van der Waals surface area contributed by atoms with E-state index in [1.807, 2.05) is 0 Å². The molecule has 0 aliphatic carbocycles. The Morgan fingerprint density at radius 3 is 2.44 bits per heavy atom. The lowest BCUT2D eigenvalue weighted by Crippen LogP contribution is -2.06. The number of ether oxygens (including phenoxy) is 1. The molecule has 0 aromatic heterocycles. The van der Waals surface area contributed by atoms with Crippen LogP contribution in [0.1, 0.15) is 31.1 Å². The molecule has 0 fully saturated rings. The highest BCUT2D eigenvalue weighted by molar-refractivity contribution is 6.24. The molecule has 1 heterocycles. The average Bonchev–Trinajstić information content (AvgIpc) is 2.64. The highest BCUT2D eigenvalue weighted by atomic mass is 16.6. The fourth-order valence-corrected chi connectivity index (χ4v) is 2.13. The predicted octanol–water partition coefficient (Wildman–Crippen LogP) is 1.85. The minimum Gasteiger partial charge on any atom is -0.478 e. The number of carboxylic acids is 1. The number of aromatic carboxylic acids is 1. The van der Waals surface area contributed by atoms with Crippen LogP contribution < -0.4 is 0 Å². The van der Waals surface area contributed by atoms with Crippen LogP contribution in [0.25, 0.3) is 10.8 Å². The molecule has 18 heavy (non-hydrogen) atoms. The summed E-state index contributed by atoms with van der Waals surface area (Å²) in [5.74, 6) is -2.96. The zero-order chi connectivity index (χ0) is 12.9. The van der Waals surface area contributed by atoms with E-state index in [0.717, 1.165) is 0 Å². The number of rotatable bonds is 1. The normalized spacial score (nSPS) is 13.6. The summed E-state index contributed by atoms with van der Waals surface area (Å²) < 4.78 is 4.49. The maximum atomic E-state index is 11.6. The van der Waals surface area contributed by atoms with Gasteiger partial charge in [0.2, 0.25) is 0 Å². The summed E-state index contributed by atoms with van der Waals surface area (Å²) in [5, 5.41) is 10.2. The van der Waals surface area contributed by atoms with Gasteiger partial charge in [-0.05, 0) is 16.8 Å². The summed E-state index contributed by atoms with van der Waals surface area (Å²) in [5.41, 5.74) is -0.332. The minimum atomic E-state index is -1.26. The van der Waals surface area contributed by atoms with E-state index in [1.54, 1.807) is 24.3 Å². The summed E-state index contributed by atoms with van der Waals surface area (Å²) in [7, 11) is 0. The van der Waals surface area contributed by atoms with E-state index in [4.69, 9.17) is 5.11 Å². The van der Waals surface area contributed by atoms with E-state index in [-0.39, 0.29) is 16.7 Å². The Bertz CT molecular complexity index is 729. The fourth-order valence-electron chi connectivity index (χ4n) is 2.13. The molecule has 2 aromatic carbocycles. The van der Waals surface area contributed by atoms with Crippen LogP contribution in [0.5, 0.6) is 0 Å². The molecular formula is C13H6O5. The van der Waals surface area contributed by atoms with Crippen LogP contribution >= 0.6 is 0 Å². The van der Waals surface area contributed by atoms with Gasteiger partial charge in [-0.1, -0.05) is 24.3 Å². The Morgan fingerprint density at radius 1 is 1.06 bits per heavy atom. The number of esters is 2. The summed E-state index contributed by atoms with van der Waals surface area (Å²) in [6.07, 6.45) is 0. The quantitative estimate of drug-likeness (QED) is 0.609. The SMILES string of the molecule is O=C(O)c1cc2ccccc2c2c1C(=O)OC2=O. The molecule has 0 saturated carbocycles. The van der Waals surface area contributed by atoms with Crippen molar-refractivity contribution in [1.82, 2.24) is 0 Å². The molecule has 1 N–H and O–H groups in total. The van der Waals surface area contributed by atoms with Gasteiger partial charge in [-0.25, -0.2) is 14.4 Å². The van der Waals surface area contributed by atoms with Crippen LogP contribution in [0.4, 0.5) is 0 Å². The molecule has 88 valence electrons. The lowest BCUT2D eigenvalue weighted by molar-refractivity contribution is 0.0440. The number of carbonyl (C=O) groups is 3. The molecule has 0 saturated heterocycles. The first-order valence-electron chi connectivity index (χ1n) is 5.15. The van der Waals surface area contributed by atoms with Gasteiger partial charge >= 0.3 is 17.9 Å². The van der Waals surface area contributed by atoms with Crippen molar-refractivity contribution >= 4 is 28.7 Å². The van der Waals surface area contributed by atoms with Crippen LogP contribution in [0, 0.1) is 0 Å². The van der Waals surface area contributed by atoms with Gasteiger partial charge in [0.15, 0.2) is 0 Å². The first kappa shape index (κ1) is 10.5. The topological polar surface area (TPSA) is 80.7 Å². The van der Waals surface area contributed by atoms with Gasteiger partial charge in [0.05, 0.1) is 16.7 Å². The van der Waals surface area contributed by atoms with E-state index in [9.17, 15) is 14.4 Å². The third-order valence-electron chi connectivity index (χ3n) is 2.87. The maximum absolute atomic E-state index is 11.6. The summed E-state index contributed by atoms with van der Waals surface area (Å²) in [6.45, 7) is 0. The van der Waals surface area contributed by atoms with Gasteiger partial charge in [-0.2, -0.15) is 0 Å². The average molecular weight is 242 g/mol. The molecule has 0 bridgehead atoms. The van der Waals surface area contributed by atoms with Crippen LogP contribution in [-0.4, -0.2) is 23.0 Å². The monoisotopic (exact) mass is 242 g/mol. The Morgan fingerprint density at radius 2 is 1.72 bits per heavy atom. The summed E-state index contributed by atoms with van der Waals surface area (Å²) >= 11 is 0. The van der Waals surface area contributed by atoms with E-state index >= 15 is 0 Å². The highest BCUT2D eigenvalue weighted by Crippen LogP contribution is 2.31. The van der Waals surface area contributed by atoms with Crippen LogP contribution in [0.15, 0.2) is 30.3 Å². The van der Waals surface area contributed by atoms with Crippen molar-refractivity contribution in [2.75, 3.05) is 0 Å². The number of hydrogen-bond donors (Lipinski definition) is 1. The van der Waals surface area contributed by atoms with Crippen LogP contribution in [0.2, 0.25) is 0 Å². The van der Waals surface area contributed by atoms with E-state index in [0.29, 0.717) is 10.8 Å². The third kappa shape index (κ3) is 1.24. The molecule has 5 heteroatoms. The summed E-state index contributed by atoms with van der Waals surface area (Å²) in [6, 6.07) is 8.13. The van der Waals surface area contributed by atoms with Gasteiger partial charge in [-0.3, -0.25) is 0 Å². The Hall–Kier alpha value is -2.69. The van der Waals surface area contributed by atoms with Gasteiger partial charge < -0.3 is 9.84 Å². The largest absolute Gasteiger partial charge is 0.478 e. The van der Waals surface area contributed by atoms with E-state index in [2.05, 4.69) is 4.74 Å². The second-order valence-corrected chi connectivity index (χ2v) is 3.88. The number of cyclic esters (lactones) is 2. The molecule has 0 spiro atoms. The predicted molar refractivity (Wildman–Crippen MR) is 60.7 cm³/mol. The lowest BCUT2D eigenvalue weighted by atomic mass is 9.95. The number of fused-ring (bicyclic) bond motifs is 3. The van der Waals surface area contributed by atoms with Crippen molar-refractivity contribution in [3.8, 4) is 0 Å². The first-order valence-corrected chi connectivity index (χ1v) is 5.15. The van der Waals surface area contributed by atoms with Crippen molar-refractivity contribution in [3.05, 3.63) is 47.0 Å². The number of carboxylic acid groups (broad SMARTS) is 1. The molecule has 0 amide bonds. The van der Waals surface area contributed by atoms with Crippen LogP contribution in [0.3, 0.4) is 0 Å². The Kier molecular flexibility index (Phi) is 1.98. The Balaban J connectivity index is 2.53. The fraction of sp³-hybridized carbons (Fsp3) is 0. The zero-order valence-electron chi connectivity index (χ0n) is 8.97. The van der Waals surface area contributed by atoms with Crippen molar-refractivity contribution in [3.63, 3.8) is 0 Å². The lowest BCUT2D eigenvalue weighted by Gasteiger charge is -2.04. The molecule has 0 radical (unpaired) electrons. The number of benzene rings is 2. The van der Waals surface area contributed by atoms with Gasteiger partial charge in [0.1, 0.15) is 0 Å². The molecule has 2 aromatic rings. The third-order valence-corrected chi connectivity index (χ3v) is 2.87. The first-order chi connectivity index (χ1) is 8.59. The standard InChI is InChI=1S/C13H6O5/c14-11(15)8-5-6-3-1-2-4-7(6)9-10(8)13(17)18-12(9)16/h1-5H,(H,14,15). The molecule has 0 atom stereocenters. The highest BCUT2D eigenvalue weighted by Gasteiger charge is 2.36. The second kappa shape index (κ2) is 3.40. The van der Waals surface area contributed by atoms with Crippen LogP contribution in [-0.2, 0) is 4.74 Å². The maximum Gasteiger partial charge on any atom is 0.347 e. The summed E-state index contributed by atoms with van der Waals surface area (Å²) in [4.78, 5) is 34.3. The van der Waals surface area contributed by atoms with Gasteiger partial charge in [0, 0.05) is 0 Å². The van der Waals surface area contributed by atoms with E-state index in [1.165, 1.54) is 6.07 Å². The molecule has 5 nitrogen and oxygen atoms in total. The molecule has 1 aliphatic rings. The molecule has 0 unspecified atom stereocenters. The van der Waals surface area contributed by atoms with Crippen molar-refractivity contribution in [2.24, 2.45) is 0 Å². The molecular weight excluding hydrogens is 236 g/mol. The number of hydrogen-bond acceptors (Lipinski definition) is 4. The molecule has 1 aliphatic heterocycles. The van der Waals surface area contributed by atoms with Crippen molar-refractivity contribution in [2.45, 2.75) is 0 Å². The van der Waals surface area contributed by atoms with Gasteiger partial charge in [0.25, 0.3) is 0 Å². The number of carbonyl (C=O) groups excluding carboxylic acids is 2. The van der Waals surface area contributed by atoms with Crippen molar-refractivity contribution in [1.29, 1.82) is 0 Å². The van der Waals surface area contributed by atoms with Crippen molar-refractivity contribution < 1.29 is 24.2 Å². The van der Waals surface area contributed by atoms with Gasteiger partial charge in [-0.15, -0.1) is 0 Å².